The lowest BCUT2D eigenvalue weighted by atomic mass is 10.4. The fourth-order valence-electron chi connectivity index (χ4n) is 4.60. The van der Waals surface area contributed by atoms with Gasteiger partial charge in [0.05, 0.1) is 24.9 Å². The number of rotatable bonds is 0. The van der Waals surface area contributed by atoms with Crippen molar-refractivity contribution in [2.24, 2.45) is 0 Å². The number of aromatic nitrogens is 17. The molecule has 0 radical (unpaired) electrons. The van der Waals surface area contributed by atoms with E-state index in [1.807, 2.05) is 0 Å². The van der Waals surface area contributed by atoms with Gasteiger partial charge in [0.1, 0.15) is 24.4 Å². The molecule has 12 rings (SSSR count). The molecular formula is C37H19N17O12. The normalized spacial score (nSPS) is 10.2. The highest BCUT2D eigenvalue weighted by Crippen LogP contribution is 2.04. The second kappa shape index (κ2) is 21.3. The molecule has 0 aliphatic rings. The van der Waals surface area contributed by atoms with Crippen LogP contribution in [0.1, 0.15) is 0 Å². The Hall–Kier alpha value is -10.6. The first-order valence-corrected chi connectivity index (χ1v) is 17.7. The van der Waals surface area contributed by atoms with Crippen LogP contribution in [0, 0.1) is 0 Å². The highest BCUT2D eigenvalue weighted by molar-refractivity contribution is 5.70. The van der Waals surface area contributed by atoms with Crippen LogP contribution in [-0.4, -0.2) is 85.4 Å². The van der Waals surface area contributed by atoms with Gasteiger partial charge in [-0.25, -0.2) is 29.9 Å². The maximum absolute atomic E-state index is 11.0. The van der Waals surface area contributed by atoms with Gasteiger partial charge >= 0.3 is 16.7 Å². The first-order valence-electron chi connectivity index (χ1n) is 17.7. The van der Waals surface area contributed by atoms with E-state index in [-0.39, 0.29) is 72.4 Å². The predicted octanol–water partition coefficient (Wildman–Crippen LogP) is 0.473. The summed E-state index contributed by atoms with van der Waals surface area (Å²) in [6.07, 6.45) is 17.8. The van der Waals surface area contributed by atoms with Crippen molar-refractivity contribution in [3.8, 4) is 0 Å². The monoisotopic (exact) mass is 893 g/mol. The summed E-state index contributed by atoms with van der Waals surface area (Å²) in [5, 5.41) is 21.5. The van der Waals surface area contributed by atoms with Crippen LogP contribution in [0.3, 0.4) is 0 Å². The smallest absolute Gasteiger partial charge is 0.303 e. The van der Waals surface area contributed by atoms with E-state index in [1.165, 1.54) is 80.7 Å². The van der Waals surface area contributed by atoms with Crippen molar-refractivity contribution in [1.82, 2.24) is 85.4 Å². The predicted molar refractivity (Wildman–Crippen MR) is 217 cm³/mol. The maximum atomic E-state index is 11.0. The first kappa shape index (κ1) is 43.5. The molecule has 0 saturated carbocycles. The molecule has 0 atom stereocenters. The van der Waals surface area contributed by atoms with Gasteiger partial charge in [-0.05, 0) is 18.2 Å². The third-order valence-electron chi connectivity index (χ3n) is 7.45. The molecular weight excluding hydrogens is 875 g/mol. The lowest BCUT2D eigenvalue weighted by molar-refractivity contribution is 0.558. The minimum atomic E-state index is -0.417. The highest BCUT2D eigenvalue weighted by Gasteiger charge is 2.04. The second-order valence-corrected chi connectivity index (χ2v) is 11.5. The molecule has 12 aromatic heterocycles. The van der Waals surface area contributed by atoms with Gasteiger partial charge in [-0.15, -0.1) is 25.5 Å². The number of nitrogens with zero attached hydrogens (tertiary/aromatic N) is 17. The first-order chi connectivity index (χ1) is 32.3. The van der Waals surface area contributed by atoms with Crippen LogP contribution in [0.25, 0.3) is 67.0 Å². The maximum Gasteiger partial charge on any atom is 0.303 e. The van der Waals surface area contributed by atoms with E-state index in [0.717, 1.165) is 25.6 Å². The molecule has 0 aliphatic heterocycles. The molecule has 0 bridgehead atoms. The standard InChI is InChI=1S/C7H4N2O2.5C6H3N3O2/c10-7-6-5(11-4-9-7)2-1-3-8-6;10-6-5-4(11-3-9-6)1-7-2-8-5;10-5-4-6(11-3-9-5)8-2-1-7-4;10-4-1-2-11-6-5(4)9-8-3-7-6;10-4-1-2-11-6-5(4)7-3-8-9-6;10-5-4-1-2-8-9-6(4)11-3-7-5/h1-4H;5*1-3H. The van der Waals surface area contributed by atoms with Crippen LogP contribution in [0.4, 0.5) is 0 Å². The van der Waals surface area contributed by atoms with Gasteiger partial charge in [-0.2, -0.15) is 30.0 Å². The molecule has 0 aliphatic carbocycles. The lowest BCUT2D eigenvalue weighted by Crippen LogP contribution is -2.06. The van der Waals surface area contributed by atoms with E-state index in [2.05, 4.69) is 85.4 Å². The van der Waals surface area contributed by atoms with Crippen LogP contribution in [0.15, 0.2) is 174 Å². The van der Waals surface area contributed by atoms with Gasteiger partial charge in [0.2, 0.25) is 10.9 Å². The van der Waals surface area contributed by atoms with E-state index in [9.17, 15) is 28.8 Å². The van der Waals surface area contributed by atoms with E-state index in [0.29, 0.717) is 16.6 Å². The molecule has 12 heterocycles. The molecule has 0 saturated heterocycles. The summed E-state index contributed by atoms with van der Waals surface area (Å²) in [5.74, 6) is 0. The SMILES string of the molecule is O=c1ccoc2ncnnc12.O=c1ccoc2nncnc12.O=c1ncoc2cccnc12.O=c1ncoc2cncnc12.O=c1ncoc2nccnc12.O=c1ncoc2nnccc12. The van der Waals surface area contributed by atoms with Gasteiger partial charge in [0.15, 0.2) is 64.3 Å². The van der Waals surface area contributed by atoms with Crippen LogP contribution in [-0.2, 0) is 0 Å². The minimum Gasteiger partial charge on any atom is -0.445 e. The third-order valence-corrected chi connectivity index (χ3v) is 7.45. The average Bonchev–Trinajstić information content (AvgIpc) is 3.36. The Labute approximate surface area is 358 Å². The lowest BCUT2D eigenvalue weighted by Gasteiger charge is -1.89. The third kappa shape index (κ3) is 11.0. The number of hydrogen-bond donors (Lipinski definition) is 0. The minimum absolute atomic E-state index is 0.162. The second-order valence-electron chi connectivity index (χ2n) is 11.5. The van der Waals surface area contributed by atoms with Crippen LogP contribution in [0.5, 0.6) is 0 Å². The molecule has 0 amide bonds. The summed E-state index contributed by atoms with van der Waals surface area (Å²) in [5.41, 5.74) is 0.700. The summed E-state index contributed by atoms with van der Waals surface area (Å²) in [7, 11) is 0. The van der Waals surface area contributed by atoms with Gasteiger partial charge < -0.3 is 26.5 Å². The molecule has 0 unspecified atom stereocenters. The zero-order chi connectivity index (χ0) is 46.1. The van der Waals surface area contributed by atoms with Crippen molar-refractivity contribution in [3.05, 3.63) is 180 Å². The topological polar surface area (TPSA) is 400 Å². The highest BCUT2D eigenvalue weighted by atomic mass is 16.4. The Morgan fingerprint density at radius 3 is 1.65 bits per heavy atom. The Morgan fingerprint density at radius 2 is 0.939 bits per heavy atom. The Kier molecular flexibility index (Phi) is 14.0. The molecule has 29 heteroatoms. The van der Waals surface area contributed by atoms with Crippen LogP contribution in [0.2, 0.25) is 0 Å². The van der Waals surface area contributed by atoms with Crippen LogP contribution >= 0.6 is 0 Å². The Morgan fingerprint density at radius 1 is 0.364 bits per heavy atom. The molecule has 0 fully saturated rings. The number of fused-ring (bicyclic) bond motifs is 6. The molecule has 66 heavy (non-hydrogen) atoms. The van der Waals surface area contributed by atoms with Gasteiger partial charge in [-0.3, -0.25) is 28.8 Å². The Balaban J connectivity index is 0.000000118. The summed E-state index contributed by atoms with van der Waals surface area (Å²) in [4.78, 5) is 105. The molecule has 0 spiro atoms. The molecule has 0 N–H and O–H groups in total. The van der Waals surface area contributed by atoms with Crippen LogP contribution < -0.4 is 33.1 Å². The summed E-state index contributed by atoms with van der Waals surface area (Å²) in [6, 6.07) is 7.45. The van der Waals surface area contributed by atoms with Gasteiger partial charge in [-0.1, -0.05) is 0 Å². The molecule has 0 aromatic carbocycles. The van der Waals surface area contributed by atoms with E-state index in [4.69, 9.17) is 26.5 Å². The van der Waals surface area contributed by atoms with E-state index >= 15 is 0 Å². The number of pyridine rings is 1. The molecule has 324 valence electrons. The van der Waals surface area contributed by atoms with Gasteiger partial charge in [0.25, 0.3) is 28.4 Å². The quantitative estimate of drug-likeness (QED) is 0.200. The van der Waals surface area contributed by atoms with Crippen molar-refractivity contribution < 1.29 is 26.5 Å². The zero-order valence-corrected chi connectivity index (χ0v) is 32.5. The van der Waals surface area contributed by atoms with E-state index < -0.39 is 11.1 Å². The van der Waals surface area contributed by atoms with Crippen molar-refractivity contribution in [2.75, 3.05) is 0 Å². The summed E-state index contributed by atoms with van der Waals surface area (Å²) in [6.45, 7) is 0. The van der Waals surface area contributed by atoms with Crippen molar-refractivity contribution in [1.29, 1.82) is 0 Å². The summed E-state index contributed by atoms with van der Waals surface area (Å²) >= 11 is 0. The Bertz CT molecular complexity index is 3250. The largest absolute Gasteiger partial charge is 0.445 e. The average molecular weight is 894 g/mol. The molecule has 29 nitrogen and oxygen atoms in total. The molecule has 12 aromatic rings. The summed E-state index contributed by atoms with van der Waals surface area (Å²) < 4.78 is 29.1. The van der Waals surface area contributed by atoms with Gasteiger partial charge in [0, 0.05) is 30.7 Å². The van der Waals surface area contributed by atoms with Crippen molar-refractivity contribution in [3.63, 3.8) is 0 Å². The van der Waals surface area contributed by atoms with E-state index in [1.54, 1.807) is 12.1 Å². The van der Waals surface area contributed by atoms with Crippen molar-refractivity contribution in [2.45, 2.75) is 0 Å². The zero-order valence-electron chi connectivity index (χ0n) is 32.5. The van der Waals surface area contributed by atoms with Crippen molar-refractivity contribution >= 4 is 67.0 Å². The fourth-order valence-corrected chi connectivity index (χ4v) is 4.60. The fraction of sp³-hybridized carbons (Fsp3) is 0. The number of hydrogen-bond acceptors (Lipinski definition) is 29.